The van der Waals surface area contributed by atoms with Crippen LogP contribution in [0.1, 0.15) is 24.0 Å². The number of aryl methyl sites for hydroxylation is 1. The summed E-state index contributed by atoms with van der Waals surface area (Å²) in [6.45, 7) is 4.23. The van der Waals surface area contributed by atoms with Crippen LogP contribution in [0.3, 0.4) is 0 Å². The molecule has 0 aromatic heterocycles. The maximum atomic E-state index is 6.46. The monoisotopic (exact) mass is 238 g/mol. The smallest absolute Gasteiger partial charge is 0.0774 e. The van der Waals surface area contributed by atoms with Crippen molar-refractivity contribution < 1.29 is 0 Å². The molecule has 0 heterocycles. The Hall–Kier alpha value is -0.460. The largest absolute Gasteiger partial charge is 0.113 e. The minimum absolute atomic E-state index is 0.0821. The van der Waals surface area contributed by atoms with E-state index in [4.69, 9.17) is 23.2 Å². The number of halogens is 2. The molecule has 78 valence electrons. The second kappa shape index (κ2) is 2.81. The molecule has 0 N–H and O–H groups in total. The minimum Gasteiger partial charge on any atom is -0.113 e. The summed E-state index contributed by atoms with van der Waals surface area (Å²) in [6, 6.07) is 6.22. The predicted molar refractivity (Wildman–Crippen MR) is 64.8 cm³/mol. The zero-order valence-corrected chi connectivity index (χ0v) is 10.2. The van der Waals surface area contributed by atoms with E-state index in [2.05, 4.69) is 26.0 Å². The molecule has 2 aliphatic rings. The van der Waals surface area contributed by atoms with Crippen molar-refractivity contribution in [3.63, 3.8) is 0 Å². The first-order valence-corrected chi connectivity index (χ1v) is 5.93. The Morgan fingerprint density at radius 2 is 1.87 bits per heavy atom. The predicted octanol–water partition coefficient (Wildman–Crippen LogP) is 4.30. The number of benzene rings is 1. The van der Waals surface area contributed by atoms with Gasteiger partial charge in [0.05, 0.1) is 4.87 Å². The molecule has 0 spiro atoms. The van der Waals surface area contributed by atoms with E-state index in [0.717, 1.165) is 5.02 Å². The van der Waals surface area contributed by atoms with Crippen LogP contribution in [-0.2, 0) is 0 Å². The third-order valence-corrected chi connectivity index (χ3v) is 4.34. The van der Waals surface area contributed by atoms with Crippen molar-refractivity contribution in [3.8, 4) is 0 Å². The second-order valence-electron chi connectivity index (χ2n) is 4.73. The zero-order chi connectivity index (χ0) is 10.8. The van der Waals surface area contributed by atoms with Crippen LogP contribution in [0.25, 0.3) is 0 Å². The lowest BCUT2D eigenvalue weighted by molar-refractivity contribution is 0.850. The van der Waals surface area contributed by atoms with E-state index in [0.29, 0.717) is 11.8 Å². The number of hydrogen-bond acceptors (Lipinski definition) is 0. The van der Waals surface area contributed by atoms with Crippen molar-refractivity contribution in [3.05, 3.63) is 46.0 Å². The SMILES string of the molecule is CC1=CC2(Cl)C1C2c1cc(C)cc(Cl)c1. The van der Waals surface area contributed by atoms with Gasteiger partial charge < -0.3 is 0 Å². The molecule has 3 rings (SSSR count). The van der Waals surface area contributed by atoms with E-state index < -0.39 is 0 Å². The van der Waals surface area contributed by atoms with Crippen LogP contribution in [0.15, 0.2) is 29.8 Å². The molecule has 2 heteroatoms. The Bertz CT molecular complexity index is 455. The molecular formula is C13H12Cl2. The molecule has 3 atom stereocenters. The van der Waals surface area contributed by atoms with E-state index in [1.165, 1.54) is 16.7 Å². The van der Waals surface area contributed by atoms with Gasteiger partial charge in [-0.15, -0.1) is 11.6 Å². The van der Waals surface area contributed by atoms with Crippen LogP contribution in [0.5, 0.6) is 0 Å². The summed E-state index contributed by atoms with van der Waals surface area (Å²) in [5.74, 6) is 1.01. The fraction of sp³-hybridized carbons (Fsp3) is 0.385. The molecule has 0 bridgehead atoms. The zero-order valence-electron chi connectivity index (χ0n) is 8.72. The van der Waals surface area contributed by atoms with Crippen molar-refractivity contribution in [2.24, 2.45) is 5.92 Å². The van der Waals surface area contributed by atoms with Crippen LogP contribution >= 0.6 is 23.2 Å². The number of allylic oxidation sites excluding steroid dienone is 2. The Balaban J connectivity index is 1.98. The standard InChI is InChI=1S/C13H12Cl2/c1-7-3-9(5-10(14)4-7)12-11-8(2)6-13(11,12)15/h3-6,11-12H,1-2H3. The van der Waals surface area contributed by atoms with Gasteiger partial charge in [-0.25, -0.2) is 0 Å². The van der Waals surface area contributed by atoms with Crippen LogP contribution in [-0.4, -0.2) is 4.87 Å². The fourth-order valence-corrected chi connectivity index (χ4v) is 3.86. The van der Waals surface area contributed by atoms with Gasteiger partial charge in [-0.3, -0.25) is 0 Å². The van der Waals surface area contributed by atoms with Crippen molar-refractivity contribution in [1.82, 2.24) is 0 Å². The molecule has 0 aliphatic heterocycles. The molecular weight excluding hydrogens is 227 g/mol. The third-order valence-electron chi connectivity index (χ3n) is 3.54. The topological polar surface area (TPSA) is 0 Å². The first kappa shape index (κ1) is 9.74. The Morgan fingerprint density at radius 3 is 2.33 bits per heavy atom. The average Bonchev–Trinajstić information content (AvgIpc) is 2.61. The Labute approximate surface area is 99.9 Å². The molecule has 1 aromatic carbocycles. The maximum Gasteiger partial charge on any atom is 0.0774 e. The van der Waals surface area contributed by atoms with E-state index in [-0.39, 0.29) is 4.87 Å². The van der Waals surface area contributed by atoms with Gasteiger partial charge in [-0.05, 0) is 37.1 Å². The molecule has 0 radical (unpaired) electrons. The van der Waals surface area contributed by atoms with Crippen LogP contribution < -0.4 is 0 Å². The number of fused-ring (bicyclic) bond motifs is 1. The number of alkyl halides is 1. The van der Waals surface area contributed by atoms with Gasteiger partial charge in [-0.2, -0.15) is 0 Å². The van der Waals surface area contributed by atoms with Crippen molar-refractivity contribution in [2.75, 3.05) is 0 Å². The van der Waals surface area contributed by atoms with Gasteiger partial charge in [0.15, 0.2) is 0 Å². The molecule has 1 saturated carbocycles. The van der Waals surface area contributed by atoms with Crippen molar-refractivity contribution >= 4 is 23.2 Å². The van der Waals surface area contributed by atoms with Crippen LogP contribution in [0.4, 0.5) is 0 Å². The summed E-state index contributed by atoms with van der Waals surface area (Å²) in [6.07, 6.45) is 2.18. The molecule has 15 heavy (non-hydrogen) atoms. The van der Waals surface area contributed by atoms with Crippen LogP contribution in [0.2, 0.25) is 5.02 Å². The normalized spacial score (nSPS) is 36.7. The first-order valence-electron chi connectivity index (χ1n) is 5.18. The Morgan fingerprint density at radius 1 is 1.13 bits per heavy atom. The Kier molecular flexibility index (Phi) is 1.82. The van der Waals surface area contributed by atoms with E-state index >= 15 is 0 Å². The number of rotatable bonds is 1. The highest BCUT2D eigenvalue weighted by atomic mass is 35.5. The third kappa shape index (κ3) is 1.21. The van der Waals surface area contributed by atoms with Crippen molar-refractivity contribution in [1.29, 1.82) is 0 Å². The quantitative estimate of drug-likeness (QED) is 0.506. The lowest BCUT2D eigenvalue weighted by Gasteiger charge is -2.13. The summed E-state index contributed by atoms with van der Waals surface area (Å²) in [7, 11) is 0. The highest BCUT2D eigenvalue weighted by molar-refractivity contribution is 6.31. The highest BCUT2D eigenvalue weighted by Crippen LogP contribution is 2.72. The van der Waals surface area contributed by atoms with Gasteiger partial charge in [-0.1, -0.05) is 29.3 Å². The van der Waals surface area contributed by atoms with Crippen LogP contribution in [0, 0.1) is 12.8 Å². The molecule has 1 fully saturated rings. The molecule has 3 unspecified atom stereocenters. The fourth-order valence-electron chi connectivity index (χ4n) is 2.90. The van der Waals surface area contributed by atoms with Crippen molar-refractivity contribution in [2.45, 2.75) is 24.6 Å². The van der Waals surface area contributed by atoms with Gasteiger partial charge in [0.2, 0.25) is 0 Å². The number of hydrogen-bond donors (Lipinski definition) is 0. The van der Waals surface area contributed by atoms with Gasteiger partial charge in [0.25, 0.3) is 0 Å². The summed E-state index contributed by atoms with van der Waals surface area (Å²) < 4.78 is 0. The minimum atomic E-state index is -0.0821. The summed E-state index contributed by atoms with van der Waals surface area (Å²) >= 11 is 12.5. The summed E-state index contributed by atoms with van der Waals surface area (Å²) in [4.78, 5) is -0.0821. The lowest BCUT2D eigenvalue weighted by atomic mass is 10.0. The van der Waals surface area contributed by atoms with E-state index in [1.807, 2.05) is 12.1 Å². The molecule has 0 saturated heterocycles. The van der Waals surface area contributed by atoms with Gasteiger partial charge in [0.1, 0.15) is 0 Å². The molecule has 0 nitrogen and oxygen atoms in total. The highest BCUT2D eigenvalue weighted by Gasteiger charge is 2.69. The summed E-state index contributed by atoms with van der Waals surface area (Å²) in [5, 5.41) is 0.814. The van der Waals surface area contributed by atoms with E-state index in [1.54, 1.807) is 0 Å². The molecule has 0 amide bonds. The van der Waals surface area contributed by atoms with Gasteiger partial charge in [0, 0.05) is 16.9 Å². The maximum absolute atomic E-state index is 6.46. The lowest BCUT2D eigenvalue weighted by Crippen LogP contribution is -2.09. The average molecular weight is 239 g/mol. The van der Waals surface area contributed by atoms with E-state index in [9.17, 15) is 0 Å². The molecule has 1 aromatic rings. The summed E-state index contributed by atoms with van der Waals surface area (Å²) in [5.41, 5.74) is 3.92. The van der Waals surface area contributed by atoms with Gasteiger partial charge >= 0.3 is 0 Å². The first-order chi connectivity index (χ1) is 7.02. The molecule has 2 aliphatic carbocycles. The second-order valence-corrected chi connectivity index (χ2v) is 5.82.